The molecule has 8 heteroatoms. The third-order valence-electron chi connectivity index (χ3n) is 3.39. The topological polar surface area (TPSA) is 78.4 Å². The lowest BCUT2D eigenvalue weighted by Gasteiger charge is -2.11. The zero-order chi connectivity index (χ0) is 19.6. The van der Waals surface area contributed by atoms with Crippen molar-refractivity contribution in [3.63, 3.8) is 0 Å². The van der Waals surface area contributed by atoms with Crippen LogP contribution in [0.1, 0.15) is 12.5 Å². The van der Waals surface area contributed by atoms with E-state index in [2.05, 4.69) is 10.5 Å². The third-order valence-corrected chi connectivity index (χ3v) is 3.67. The van der Waals surface area contributed by atoms with Gasteiger partial charge in [-0.25, -0.2) is 0 Å². The van der Waals surface area contributed by atoms with E-state index in [0.29, 0.717) is 40.1 Å². The first-order valence-corrected chi connectivity index (χ1v) is 8.54. The van der Waals surface area contributed by atoms with Gasteiger partial charge in [-0.3, -0.25) is 4.79 Å². The molecule has 0 bridgehead atoms. The molecule has 0 aliphatic rings. The molecule has 0 aliphatic heterocycles. The molecule has 0 atom stereocenters. The number of nitrogens with one attached hydrogen (secondary N) is 1. The maximum absolute atomic E-state index is 11.9. The minimum absolute atomic E-state index is 0.232. The first-order chi connectivity index (χ1) is 13.1. The van der Waals surface area contributed by atoms with Crippen molar-refractivity contribution in [1.82, 2.24) is 0 Å². The summed E-state index contributed by atoms with van der Waals surface area (Å²) in [4.78, 5) is 16.9. The molecule has 0 fully saturated rings. The zero-order valence-corrected chi connectivity index (χ0v) is 16.1. The molecule has 1 N–H and O–H groups in total. The van der Waals surface area contributed by atoms with Crippen molar-refractivity contribution in [3.8, 4) is 17.2 Å². The molecule has 7 nitrogen and oxygen atoms in total. The second-order valence-electron chi connectivity index (χ2n) is 5.25. The number of oxime groups is 1. The monoisotopic (exact) mass is 392 g/mol. The Morgan fingerprint density at radius 3 is 2.56 bits per heavy atom. The molecule has 0 spiro atoms. The Kier molecular flexibility index (Phi) is 7.76. The number of carbonyl (C=O) groups is 1. The van der Waals surface area contributed by atoms with E-state index in [1.807, 2.05) is 6.92 Å². The van der Waals surface area contributed by atoms with E-state index < -0.39 is 0 Å². The van der Waals surface area contributed by atoms with Gasteiger partial charge in [-0.05, 0) is 43.3 Å². The van der Waals surface area contributed by atoms with Crippen molar-refractivity contribution in [2.24, 2.45) is 5.16 Å². The Labute approximate surface area is 162 Å². The molecule has 0 aromatic heterocycles. The van der Waals surface area contributed by atoms with Gasteiger partial charge in [-0.15, -0.1) is 0 Å². The summed E-state index contributed by atoms with van der Waals surface area (Å²) in [5.74, 6) is 1.33. The maximum atomic E-state index is 11.9. The van der Waals surface area contributed by atoms with Gasteiger partial charge in [0.05, 0.1) is 32.1 Å². The fourth-order valence-electron chi connectivity index (χ4n) is 2.16. The average molecular weight is 393 g/mol. The molecular weight excluding hydrogens is 372 g/mol. The fourth-order valence-corrected chi connectivity index (χ4v) is 2.44. The fraction of sp³-hybridized carbons (Fsp3) is 0.263. The summed E-state index contributed by atoms with van der Waals surface area (Å²) < 4.78 is 15.8. The number of amides is 1. The van der Waals surface area contributed by atoms with Crippen LogP contribution in [0, 0.1) is 0 Å². The van der Waals surface area contributed by atoms with Crippen LogP contribution in [0.2, 0.25) is 5.02 Å². The minimum atomic E-state index is -0.334. The molecule has 2 aromatic rings. The van der Waals surface area contributed by atoms with Gasteiger partial charge in [0.25, 0.3) is 5.91 Å². The van der Waals surface area contributed by atoms with Crippen LogP contribution in [-0.4, -0.2) is 39.6 Å². The first-order valence-electron chi connectivity index (χ1n) is 8.17. The van der Waals surface area contributed by atoms with Crippen LogP contribution < -0.4 is 19.5 Å². The lowest BCUT2D eigenvalue weighted by atomic mass is 10.2. The highest BCUT2D eigenvalue weighted by Gasteiger charge is 2.11. The van der Waals surface area contributed by atoms with Crippen LogP contribution >= 0.6 is 11.6 Å². The summed E-state index contributed by atoms with van der Waals surface area (Å²) in [7, 11) is 3.10. The Morgan fingerprint density at radius 1 is 1.19 bits per heavy atom. The van der Waals surface area contributed by atoms with Gasteiger partial charge < -0.3 is 24.4 Å². The standard InChI is InChI=1S/C19H21ClN2O5/c1-4-26-19-16(20)9-13(10-17(19)25-3)11-21-27-12-18(23)22-14-5-7-15(24-2)8-6-14/h5-11H,4,12H2,1-3H3,(H,22,23)/b21-11-. The van der Waals surface area contributed by atoms with Gasteiger partial charge in [0.2, 0.25) is 0 Å². The van der Waals surface area contributed by atoms with Crippen molar-refractivity contribution in [2.75, 3.05) is 32.8 Å². The molecule has 0 heterocycles. The Hall–Kier alpha value is -2.93. The number of methoxy groups -OCH3 is 2. The van der Waals surface area contributed by atoms with E-state index in [1.54, 1.807) is 43.5 Å². The molecule has 2 rings (SSSR count). The first kappa shape index (κ1) is 20.4. The van der Waals surface area contributed by atoms with E-state index in [0.717, 1.165) is 0 Å². The van der Waals surface area contributed by atoms with Gasteiger partial charge in [0.15, 0.2) is 18.1 Å². The Bertz CT molecular complexity index is 793. The summed E-state index contributed by atoms with van der Waals surface area (Å²) in [6, 6.07) is 10.3. The highest BCUT2D eigenvalue weighted by atomic mass is 35.5. The van der Waals surface area contributed by atoms with Gasteiger partial charge in [0.1, 0.15) is 5.75 Å². The van der Waals surface area contributed by atoms with Gasteiger partial charge >= 0.3 is 0 Å². The van der Waals surface area contributed by atoms with E-state index in [-0.39, 0.29) is 12.5 Å². The molecule has 0 aliphatic carbocycles. The predicted molar refractivity (Wildman–Crippen MR) is 104 cm³/mol. The molecule has 0 saturated heterocycles. The van der Waals surface area contributed by atoms with Gasteiger partial charge in [-0.2, -0.15) is 0 Å². The lowest BCUT2D eigenvalue weighted by Crippen LogP contribution is -2.16. The van der Waals surface area contributed by atoms with Crippen LogP contribution in [0.4, 0.5) is 5.69 Å². The van der Waals surface area contributed by atoms with E-state index in [1.165, 1.54) is 13.3 Å². The number of ether oxygens (including phenoxy) is 3. The van der Waals surface area contributed by atoms with Crippen molar-refractivity contribution in [2.45, 2.75) is 6.92 Å². The number of carbonyl (C=O) groups excluding carboxylic acids is 1. The summed E-state index contributed by atoms with van der Waals surface area (Å²) >= 11 is 6.19. The van der Waals surface area contributed by atoms with E-state index in [4.69, 9.17) is 30.6 Å². The number of benzene rings is 2. The average Bonchev–Trinajstić information content (AvgIpc) is 2.67. The molecule has 144 valence electrons. The second-order valence-corrected chi connectivity index (χ2v) is 5.66. The van der Waals surface area contributed by atoms with Crippen LogP contribution in [0.3, 0.4) is 0 Å². The predicted octanol–water partition coefficient (Wildman–Crippen LogP) is 3.75. The van der Waals surface area contributed by atoms with Crippen molar-refractivity contribution in [1.29, 1.82) is 0 Å². The van der Waals surface area contributed by atoms with E-state index in [9.17, 15) is 4.79 Å². The minimum Gasteiger partial charge on any atom is -0.497 e. The maximum Gasteiger partial charge on any atom is 0.265 e. The normalized spacial score (nSPS) is 10.5. The third kappa shape index (κ3) is 6.07. The molecule has 27 heavy (non-hydrogen) atoms. The van der Waals surface area contributed by atoms with Crippen molar-refractivity contribution in [3.05, 3.63) is 47.0 Å². The van der Waals surface area contributed by atoms with Crippen LogP contribution in [0.25, 0.3) is 0 Å². The molecular formula is C19H21ClN2O5. The number of hydrogen-bond acceptors (Lipinski definition) is 6. The number of anilines is 1. The Balaban J connectivity index is 1.89. The zero-order valence-electron chi connectivity index (χ0n) is 15.3. The summed E-state index contributed by atoms with van der Waals surface area (Å²) in [5.41, 5.74) is 1.28. The van der Waals surface area contributed by atoms with Crippen LogP contribution in [0.5, 0.6) is 17.2 Å². The number of rotatable bonds is 9. The summed E-state index contributed by atoms with van der Waals surface area (Å²) in [6.07, 6.45) is 1.44. The summed E-state index contributed by atoms with van der Waals surface area (Å²) in [6.45, 7) is 2.09. The number of hydrogen-bond donors (Lipinski definition) is 1. The number of nitrogens with zero attached hydrogens (tertiary/aromatic N) is 1. The van der Waals surface area contributed by atoms with Gasteiger partial charge in [0, 0.05) is 11.3 Å². The van der Waals surface area contributed by atoms with Crippen molar-refractivity contribution < 1.29 is 23.8 Å². The van der Waals surface area contributed by atoms with Crippen molar-refractivity contribution >= 4 is 29.4 Å². The largest absolute Gasteiger partial charge is 0.497 e. The van der Waals surface area contributed by atoms with E-state index >= 15 is 0 Å². The molecule has 2 aromatic carbocycles. The van der Waals surface area contributed by atoms with Crippen LogP contribution in [0.15, 0.2) is 41.6 Å². The smallest absolute Gasteiger partial charge is 0.265 e. The molecule has 0 unspecified atom stereocenters. The van der Waals surface area contributed by atoms with Gasteiger partial charge in [-0.1, -0.05) is 16.8 Å². The quantitative estimate of drug-likeness (QED) is 0.519. The molecule has 0 saturated carbocycles. The summed E-state index contributed by atoms with van der Waals surface area (Å²) in [5, 5.41) is 6.87. The number of halogens is 1. The molecule has 0 radical (unpaired) electrons. The van der Waals surface area contributed by atoms with Crippen LogP contribution in [-0.2, 0) is 9.63 Å². The highest BCUT2D eigenvalue weighted by Crippen LogP contribution is 2.35. The lowest BCUT2D eigenvalue weighted by molar-refractivity contribution is -0.120. The second kappa shape index (κ2) is 10.3. The molecule has 1 amide bonds. The Morgan fingerprint density at radius 2 is 1.93 bits per heavy atom. The highest BCUT2D eigenvalue weighted by molar-refractivity contribution is 6.32. The SMILES string of the molecule is CCOc1c(Cl)cc(/C=N\OCC(=O)Nc2ccc(OC)cc2)cc1OC.